The largest absolute Gasteiger partial charge is 0.294 e. The van der Waals surface area contributed by atoms with Gasteiger partial charge in [0.05, 0.1) is 5.52 Å². The first-order valence-electron chi connectivity index (χ1n) is 8.96. The molecule has 0 fully saturated rings. The molecule has 2 nitrogen and oxygen atoms in total. The van der Waals surface area contributed by atoms with E-state index in [1.54, 1.807) is 0 Å². The van der Waals surface area contributed by atoms with Gasteiger partial charge in [-0.05, 0) is 59.0 Å². The molecule has 0 saturated carbocycles. The maximum absolute atomic E-state index is 4.70. The van der Waals surface area contributed by atoms with Gasteiger partial charge in [-0.15, -0.1) is 0 Å². The Labute approximate surface area is 151 Å². The first-order chi connectivity index (χ1) is 12.9. The fraction of sp³-hybridized carbons (Fsp3) is 0.0417. The molecule has 26 heavy (non-hydrogen) atoms. The summed E-state index contributed by atoms with van der Waals surface area (Å²) >= 11 is 0. The van der Waals surface area contributed by atoms with E-state index in [4.69, 9.17) is 4.98 Å². The summed E-state index contributed by atoms with van der Waals surface area (Å²) in [6.45, 7) is 0. The molecule has 6 rings (SSSR count). The van der Waals surface area contributed by atoms with E-state index < -0.39 is 0 Å². The Morgan fingerprint density at radius 3 is 2.50 bits per heavy atom. The highest BCUT2D eigenvalue weighted by atomic mass is 15.0. The second kappa shape index (κ2) is 5.06. The number of rotatable bonds is 1. The molecule has 0 aliphatic heterocycles. The minimum atomic E-state index is 1.01. The van der Waals surface area contributed by atoms with E-state index in [2.05, 4.69) is 77.4 Å². The molecule has 0 spiro atoms. The molecular formula is C24H16N2. The Morgan fingerprint density at radius 2 is 1.50 bits per heavy atom. The lowest BCUT2D eigenvalue weighted by molar-refractivity contribution is 1.13. The van der Waals surface area contributed by atoms with Gasteiger partial charge in [0.2, 0.25) is 0 Å². The van der Waals surface area contributed by atoms with Crippen molar-refractivity contribution in [1.29, 1.82) is 0 Å². The van der Waals surface area contributed by atoms with E-state index in [1.165, 1.54) is 44.2 Å². The molecule has 1 aliphatic rings. The van der Waals surface area contributed by atoms with Gasteiger partial charge in [0, 0.05) is 22.7 Å². The molecule has 122 valence electrons. The van der Waals surface area contributed by atoms with Gasteiger partial charge in [-0.25, -0.2) is 4.98 Å². The molecule has 0 amide bonds. The summed E-state index contributed by atoms with van der Waals surface area (Å²) in [4.78, 5) is 4.70. The predicted octanol–water partition coefficient (Wildman–Crippen LogP) is 5.75. The van der Waals surface area contributed by atoms with Crippen LogP contribution in [0.5, 0.6) is 0 Å². The lowest BCUT2D eigenvalue weighted by Gasteiger charge is -2.10. The number of pyridine rings is 1. The lowest BCUT2D eigenvalue weighted by atomic mass is 10.1. The van der Waals surface area contributed by atoms with Gasteiger partial charge in [-0.3, -0.25) is 4.57 Å². The summed E-state index contributed by atoms with van der Waals surface area (Å²) in [7, 11) is 0. The van der Waals surface area contributed by atoms with Crippen molar-refractivity contribution in [2.24, 2.45) is 0 Å². The predicted molar refractivity (Wildman–Crippen MR) is 107 cm³/mol. The van der Waals surface area contributed by atoms with Crippen LogP contribution in [0.3, 0.4) is 0 Å². The third-order valence-electron chi connectivity index (χ3n) is 5.47. The average molecular weight is 332 g/mol. The Balaban J connectivity index is 1.68. The zero-order valence-electron chi connectivity index (χ0n) is 14.2. The summed E-state index contributed by atoms with van der Waals surface area (Å²) in [6, 6.07) is 28.3. The van der Waals surface area contributed by atoms with Crippen molar-refractivity contribution in [3.8, 4) is 16.8 Å². The number of hydrogen-bond acceptors (Lipinski definition) is 1. The van der Waals surface area contributed by atoms with Crippen molar-refractivity contribution in [3.05, 3.63) is 96.2 Å². The van der Waals surface area contributed by atoms with Crippen LogP contribution in [0.25, 0.3) is 38.8 Å². The molecule has 3 aromatic carbocycles. The van der Waals surface area contributed by atoms with E-state index >= 15 is 0 Å². The van der Waals surface area contributed by atoms with Crippen LogP contribution in [0.1, 0.15) is 11.1 Å². The molecule has 2 heterocycles. The smallest absolute Gasteiger partial charge is 0.145 e. The van der Waals surface area contributed by atoms with Gasteiger partial charge in [-0.1, -0.05) is 48.5 Å². The number of hydrogen-bond donors (Lipinski definition) is 0. The SMILES string of the molecule is c1ccc2c(c1)Cc1ccc(-n3c4ccccc4c4cccnc43)cc1-2. The van der Waals surface area contributed by atoms with Crippen molar-refractivity contribution in [2.75, 3.05) is 0 Å². The van der Waals surface area contributed by atoms with E-state index in [0.717, 1.165) is 12.1 Å². The summed E-state index contributed by atoms with van der Waals surface area (Å²) in [6.07, 6.45) is 2.90. The Hall–Kier alpha value is -3.39. The van der Waals surface area contributed by atoms with Gasteiger partial charge in [0.15, 0.2) is 0 Å². The van der Waals surface area contributed by atoms with Gasteiger partial charge in [0.25, 0.3) is 0 Å². The summed E-state index contributed by atoms with van der Waals surface area (Å²) in [5, 5.41) is 2.44. The molecular weight excluding hydrogens is 316 g/mol. The third-order valence-corrected chi connectivity index (χ3v) is 5.47. The average Bonchev–Trinajstić information content (AvgIpc) is 3.23. The maximum atomic E-state index is 4.70. The normalized spacial score (nSPS) is 12.5. The molecule has 0 bridgehead atoms. The van der Waals surface area contributed by atoms with Gasteiger partial charge in [0.1, 0.15) is 5.65 Å². The molecule has 5 aromatic rings. The van der Waals surface area contributed by atoms with Gasteiger partial charge in [-0.2, -0.15) is 0 Å². The zero-order chi connectivity index (χ0) is 17.1. The van der Waals surface area contributed by atoms with Crippen LogP contribution in [-0.2, 0) is 6.42 Å². The van der Waals surface area contributed by atoms with Gasteiger partial charge >= 0.3 is 0 Å². The number of fused-ring (bicyclic) bond motifs is 6. The number of aromatic nitrogens is 2. The minimum Gasteiger partial charge on any atom is -0.294 e. The third kappa shape index (κ3) is 1.79. The molecule has 0 N–H and O–H groups in total. The van der Waals surface area contributed by atoms with Crippen molar-refractivity contribution >= 4 is 21.9 Å². The zero-order valence-corrected chi connectivity index (χ0v) is 14.2. The highest BCUT2D eigenvalue weighted by molar-refractivity contribution is 6.07. The Morgan fingerprint density at radius 1 is 0.692 bits per heavy atom. The number of nitrogens with zero attached hydrogens (tertiary/aromatic N) is 2. The fourth-order valence-corrected chi connectivity index (χ4v) is 4.31. The van der Waals surface area contributed by atoms with Gasteiger partial charge < -0.3 is 0 Å². The quantitative estimate of drug-likeness (QED) is 0.375. The van der Waals surface area contributed by atoms with Crippen molar-refractivity contribution < 1.29 is 0 Å². The highest BCUT2D eigenvalue weighted by Crippen LogP contribution is 2.39. The van der Waals surface area contributed by atoms with Crippen molar-refractivity contribution in [2.45, 2.75) is 6.42 Å². The standard InChI is InChI=1S/C24H16N2/c1-2-7-19-16(6-1)14-17-11-12-18(15-22(17)19)26-23-10-4-3-8-20(23)21-9-5-13-25-24(21)26/h1-13,15H,14H2. The molecule has 0 atom stereocenters. The van der Waals surface area contributed by atoms with Crippen LogP contribution >= 0.6 is 0 Å². The topological polar surface area (TPSA) is 17.8 Å². The molecule has 2 heteroatoms. The van der Waals surface area contributed by atoms with E-state index in [9.17, 15) is 0 Å². The summed E-state index contributed by atoms with van der Waals surface area (Å²) in [5.74, 6) is 0. The van der Waals surface area contributed by atoms with Crippen LogP contribution in [0.2, 0.25) is 0 Å². The van der Waals surface area contributed by atoms with Crippen LogP contribution in [0.15, 0.2) is 85.1 Å². The molecule has 0 unspecified atom stereocenters. The Bertz CT molecular complexity index is 1260. The van der Waals surface area contributed by atoms with E-state index in [-0.39, 0.29) is 0 Å². The highest BCUT2D eigenvalue weighted by Gasteiger charge is 2.19. The second-order valence-corrected chi connectivity index (χ2v) is 6.90. The van der Waals surface area contributed by atoms with E-state index in [0.29, 0.717) is 0 Å². The first-order valence-corrected chi connectivity index (χ1v) is 8.96. The molecule has 2 aromatic heterocycles. The minimum absolute atomic E-state index is 1.01. The fourth-order valence-electron chi connectivity index (χ4n) is 4.31. The van der Waals surface area contributed by atoms with E-state index in [1.807, 2.05) is 12.3 Å². The Kier molecular flexibility index (Phi) is 2.69. The number of para-hydroxylation sites is 1. The van der Waals surface area contributed by atoms with Crippen LogP contribution < -0.4 is 0 Å². The first kappa shape index (κ1) is 13.9. The van der Waals surface area contributed by atoms with Crippen molar-refractivity contribution in [3.63, 3.8) is 0 Å². The molecule has 0 radical (unpaired) electrons. The summed E-state index contributed by atoms with van der Waals surface area (Å²) in [5.41, 5.74) is 8.92. The second-order valence-electron chi connectivity index (χ2n) is 6.90. The van der Waals surface area contributed by atoms with Crippen LogP contribution in [-0.4, -0.2) is 9.55 Å². The van der Waals surface area contributed by atoms with Crippen molar-refractivity contribution in [1.82, 2.24) is 9.55 Å². The lowest BCUT2D eigenvalue weighted by Crippen LogP contribution is -1.96. The van der Waals surface area contributed by atoms with Crippen LogP contribution in [0.4, 0.5) is 0 Å². The summed E-state index contributed by atoms with van der Waals surface area (Å²) < 4.78 is 2.28. The van der Waals surface area contributed by atoms with Crippen LogP contribution in [0, 0.1) is 0 Å². The molecule has 1 aliphatic carbocycles. The monoisotopic (exact) mass is 332 g/mol. The maximum Gasteiger partial charge on any atom is 0.145 e. The number of benzene rings is 3. The molecule has 0 saturated heterocycles.